The highest BCUT2D eigenvalue weighted by Gasteiger charge is 2.29. The molecule has 1 aromatic carbocycles. The van der Waals surface area contributed by atoms with Crippen LogP contribution in [0.25, 0.3) is 0 Å². The maximum Gasteiger partial charge on any atom is 0.182 e. The Kier molecular flexibility index (Phi) is 3.05. The average Bonchev–Trinajstić information content (AvgIpc) is 2.53. The maximum absolute atomic E-state index is 5.97. The first-order valence-corrected chi connectivity index (χ1v) is 7.61. The highest BCUT2D eigenvalue weighted by atomic mass is 16.5. The van der Waals surface area contributed by atoms with E-state index >= 15 is 0 Å². The second-order valence-electron chi connectivity index (χ2n) is 5.84. The van der Waals surface area contributed by atoms with Gasteiger partial charge in [0.05, 0.1) is 5.69 Å². The van der Waals surface area contributed by atoms with Crippen molar-refractivity contribution >= 4 is 17.3 Å². The van der Waals surface area contributed by atoms with E-state index in [1.54, 1.807) is 12.4 Å². The van der Waals surface area contributed by atoms with Crippen molar-refractivity contribution in [3.05, 3.63) is 65.5 Å². The third-order valence-corrected chi connectivity index (χ3v) is 4.00. The Hall–Kier alpha value is -2.88. The van der Waals surface area contributed by atoms with Gasteiger partial charge in [-0.25, -0.2) is 9.97 Å². The van der Waals surface area contributed by atoms with Crippen LogP contribution in [-0.2, 0) is 0 Å². The van der Waals surface area contributed by atoms with Crippen LogP contribution in [0.3, 0.4) is 0 Å². The summed E-state index contributed by atoms with van der Waals surface area (Å²) in [6.45, 7) is 6.35. The standard InChI is InChI=1S/C19H17N3O/c1-12-10-13(2)17(14(3)11-12)22-18-15(6-4-8-20-18)23-16-7-5-9-21-19(16)22/h4-11H,1-3H3. The second-order valence-corrected chi connectivity index (χ2v) is 5.84. The predicted molar refractivity (Wildman–Crippen MR) is 91.0 cm³/mol. The molecule has 0 spiro atoms. The number of nitrogens with zero attached hydrogens (tertiary/aromatic N) is 3. The Morgan fingerprint density at radius 1 is 0.826 bits per heavy atom. The summed E-state index contributed by atoms with van der Waals surface area (Å²) in [4.78, 5) is 11.2. The average molecular weight is 303 g/mol. The normalized spacial score (nSPS) is 12.4. The maximum atomic E-state index is 5.97. The van der Waals surface area contributed by atoms with Crippen molar-refractivity contribution in [2.24, 2.45) is 0 Å². The summed E-state index contributed by atoms with van der Waals surface area (Å²) in [5.74, 6) is 3.03. The van der Waals surface area contributed by atoms with Crippen molar-refractivity contribution in [3.8, 4) is 11.5 Å². The fraction of sp³-hybridized carbons (Fsp3) is 0.158. The molecular weight excluding hydrogens is 286 g/mol. The van der Waals surface area contributed by atoms with Crippen LogP contribution in [0, 0.1) is 20.8 Å². The first-order chi connectivity index (χ1) is 11.1. The lowest BCUT2D eigenvalue weighted by Crippen LogP contribution is -2.20. The number of hydrogen-bond donors (Lipinski definition) is 0. The highest BCUT2D eigenvalue weighted by molar-refractivity contribution is 5.84. The number of hydrogen-bond acceptors (Lipinski definition) is 4. The molecule has 4 rings (SSSR count). The van der Waals surface area contributed by atoms with Crippen molar-refractivity contribution < 1.29 is 4.74 Å². The smallest absolute Gasteiger partial charge is 0.182 e. The number of pyridine rings is 2. The summed E-state index contributed by atoms with van der Waals surface area (Å²) < 4.78 is 5.97. The minimum Gasteiger partial charge on any atom is -0.450 e. The number of aromatic nitrogens is 2. The Morgan fingerprint density at radius 2 is 1.35 bits per heavy atom. The van der Waals surface area contributed by atoms with E-state index in [0.717, 1.165) is 28.8 Å². The van der Waals surface area contributed by atoms with Gasteiger partial charge in [0, 0.05) is 12.4 Å². The summed E-state index contributed by atoms with van der Waals surface area (Å²) in [5.41, 5.74) is 4.74. The van der Waals surface area contributed by atoms with E-state index in [-0.39, 0.29) is 0 Å². The SMILES string of the molecule is Cc1cc(C)c(N2c3ncccc3Oc3cccnc32)c(C)c1. The molecule has 2 aromatic heterocycles. The van der Waals surface area contributed by atoms with E-state index < -0.39 is 0 Å². The summed E-state index contributed by atoms with van der Waals surface area (Å²) in [7, 11) is 0. The Morgan fingerprint density at radius 3 is 1.87 bits per heavy atom. The van der Waals surface area contributed by atoms with Crippen LogP contribution < -0.4 is 9.64 Å². The van der Waals surface area contributed by atoms with Gasteiger partial charge in [-0.15, -0.1) is 0 Å². The van der Waals surface area contributed by atoms with Gasteiger partial charge in [-0.2, -0.15) is 0 Å². The van der Waals surface area contributed by atoms with E-state index in [1.165, 1.54) is 16.7 Å². The van der Waals surface area contributed by atoms with Crippen molar-refractivity contribution in [2.75, 3.05) is 4.90 Å². The molecule has 4 nitrogen and oxygen atoms in total. The number of aryl methyl sites for hydroxylation is 3. The lowest BCUT2D eigenvalue weighted by molar-refractivity contribution is 0.471. The van der Waals surface area contributed by atoms with E-state index in [1.807, 2.05) is 24.3 Å². The minimum absolute atomic E-state index is 0.743. The molecule has 0 aliphatic carbocycles. The summed E-state index contributed by atoms with van der Waals surface area (Å²) >= 11 is 0. The molecule has 0 radical (unpaired) electrons. The molecule has 3 heterocycles. The molecule has 0 amide bonds. The van der Waals surface area contributed by atoms with Crippen LogP contribution in [0.15, 0.2) is 48.8 Å². The zero-order valence-corrected chi connectivity index (χ0v) is 13.4. The fourth-order valence-corrected chi connectivity index (χ4v) is 3.22. The molecule has 1 aliphatic rings. The highest BCUT2D eigenvalue weighted by Crippen LogP contribution is 2.49. The quantitative estimate of drug-likeness (QED) is 0.497. The largest absolute Gasteiger partial charge is 0.450 e. The molecule has 0 saturated heterocycles. The molecule has 0 unspecified atom stereocenters. The molecule has 114 valence electrons. The first kappa shape index (κ1) is 13.8. The van der Waals surface area contributed by atoms with Gasteiger partial charge in [-0.05, 0) is 56.2 Å². The summed E-state index contributed by atoms with van der Waals surface area (Å²) in [6.07, 6.45) is 3.56. The van der Waals surface area contributed by atoms with Gasteiger partial charge in [0.15, 0.2) is 23.1 Å². The van der Waals surface area contributed by atoms with Crippen molar-refractivity contribution in [1.29, 1.82) is 0 Å². The minimum atomic E-state index is 0.743. The Labute approximate surface area is 135 Å². The van der Waals surface area contributed by atoms with Crippen LogP contribution in [0.2, 0.25) is 0 Å². The predicted octanol–water partition coefficient (Wildman–Crippen LogP) is 4.98. The van der Waals surface area contributed by atoms with Crippen LogP contribution in [-0.4, -0.2) is 9.97 Å². The van der Waals surface area contributed by atoms with E-state index in [9.17, 15) is 0 Å². The van der Waals surface area contributed by atoms with E-state index in [0.29, 0.717) is 0 Å². The monoisotopic (exact) mass is 303 g/mol. The van der Waals surface area contributed by atoms with Gasteiger partial charge < -0.3 is 4.74 Å². The molecule has 1 aliphatic heterocycles. The third kappa shape index (κ3) is 2.14. The lowest BCUT2D eigenvalue weighted by atomic mass is 10.0. The zero-order chi connectivity index (χ0) is 16.0. The first-order valence-electron chi connectivity index (χ1n) is 7.61. The van der Waals surface area contributed by atoms with Gasteiger partial charge in [0.25, 0.3) is 0 Å². The van der Waals surface area contributed by atoms with Gasteiger partial charge in [0.1, 0.15) is 0 Å². The summed E-state index contributed by atoms with van der Waals surface area (Å²) in [6, 6.07) is 12.0. The van der Waals surface area contributed by atoms with Gasteiger partial charge in [0.2, 0.25) is 0 Å². The van der Waals surface area contributed by atoms with Crippen LogP contribution in [0.5, 0.6) is 11.5 Å². The molecular formula is C19H17N3O. The van der Waals surface area contributed by atoms with Crippen LogP contribution in [0.1, 0.15) is 16.7 Å². The number of ether oxygens (including phenoxy) is 1. The molecule has 23 heavy (non-hydrogen) atoms. The molecule has 3 aromatic rings. The fourth-order valence-electron chi connectivity index (χ4n) is 3.22. The molecule has 0 N–H and O–H groups in total. The van der Waals surface area contributed by atoms with Crippen molar-refractivity contribution in [3.63, 3.8) is 0 Å². The van der Waals surface area contributed by atoms with Crippen LogP contribution in [0.4, 0.5) is 17.3 Å². The van der Waals surface area contributed by atoms with Gasteiger partial charge in [-0.1, -0.05) is 17.7 Å². The number of anilines is 3. The molecule has 0 bridgehead atoms. The molecule has 0 fully saturated rings. The van der Waals surface area contributed by atoms with E-state index in [4.69, 9.17) is 4.74 Å². The van der Waals surface area contributed by atoms with Crippen LogP contribution >= 0.6 is 0 Å². The summed E-state index contributed by atoms with van der Waals surface area (Å²) in [5, 5.41) is 0. The van der Waals surface area contributed by atoms with E-state index in [2.05, 4.69) is 47.8 Å². The number of rotatable bonds is 1. The molecule has 4 heteroatoms. The third-order valence-electron chi connectivity index (χ3n) is 4.00. The number of benzene rings is 1. The number of fused-ring (bicyclic) bond motifs is 2. The molecule has 0 saturated carbocycles. The Balaban J connectivity index is 2.02. The van der Waals surface area contributed by atoms with Gasteiger partial charge in [-0.3, -0.25) is 4.90 Å². The topological polar surface area (TPSA) is 38.2 Å². The van der Waals surface area contributed by atoms with Gasteiger partial charge >= 0.3 is 0 Å². The van der Waals surface area contributed by atoms with Crippen molar-refractivity contribution in [2.45, 2.75) is 20.8 Å². The van der Waals surface area contributed by atoms with Crippen molar-refractivity contribution in [1.82, 2.24) is 9.97 Å². The molecule has 0 atom stereocenters. The zero-order valence-electron chi connectivity index (χ0n) is 13.4. The lowest BCUT2D eigenvalue weighted by Gasteiger charge is -2.32. The Bertz CT molecular complexity index is 836. The second kappa shape index (κ2) is 5.09.